The molecule has 0 atom stereocenters. The number of rotatable bonds is 6. The van der Waals surface area contributed by atoms with Crippen LogP contribution in [0.15, 0.2) is 30.6 Å². The molecule has 3 aromatic rings. The quantitative estimate of drug-likeness (QED) is 0.396. The van der Waals surface area contributed by atoms with Crippen molar-refractivity contribution in [2.45, 2.75) is 6.92 Å². The smallest absolute Gasteiger partial charge is 0.348 e. The number of methoxy groups -OCH3 is 1. The third-order valence-electron chi connectivity index (χ3n) is 3.59. The van der Waals surface area contributed by atoms with Gasteiger partial charge in [-0.25, -0.2) is 14.8 Å². The molecule has 0 aliphatic carbocycles. The molecule has 25 heavy (non-hydrogen) atoms. The Balaban J connectivity index is 1.96. The number of carbonyl (C=O) groups is 1. The van der Waals surface area contributed by atoms with E-state index in [2.05, 4.69) is 15.3 Å². The number of aromatic hydroxyl groups is 1. The van der Waals surface area contributed by atoms with E-state index in [4.69, 9.17) is 9.47 Å². The summed E-state index contributed by atoms with van der Waals surface area (Å²) >= 11 is 1.25. The molecule has 0 saturated carbocycles. The first kappa shape index (κ1) is 17.1. The summed E-state index contributed by atoms with van der Waals surface area (Å²) in [5.41, 5.74) is 1.26. The molecule has 8 heteroatoms. The molecule has 1 aromatic carbocycles. The number of hydrogen-bond donors (Lipinski definition) is 2. The lowest BCUT2D eigenvalue weighted by molar-refractivity contribution is 0.0393. The Labute approximate surface area is 148 Å². The zero-order chi connectivity index (χ0) is 17.8. The van der Waals surface area contributed by atoms with Crippen LogP contribution in [0.3, 0.4) is 0 Å². The summed E-state index contributed by atoms with van der Waals surface area (Å²) in [6.45, 7) is 2.36. The van der Waals surface area contributed by atoms with Gasteiger partial charge in [0.05, 0.1) is 17.7 Å². The molecular weight excluding hydrogens is 342 g/mol. The largest absolute Gasteiger partial charge is 0.506 e. The van der Waals surface area contributed by atoms with E-state index in [9.17, 15) is 9.90 Å². The van der Waals surface area contributed by atoms with Gasteiger partial charge in [-0.2, -0.15) is 0 Å². The average Bonchev–Trinajstić information content (AvgIpc) is 2.95. The summed E-state index contributed by atoms with van der Waals surface area (Å²) in [6, 6.07) is 6.87. The van der Waals surface area contributed by atoms with Crippen LogP contribution < -0.4 is 5.32 Å². The molecule has 0 aliphatic heterocycles. The number of nitrogens with one attached hydrogen (secondary N) is 1. The minimum absolute atomic E-state index is 0.112. The zero-order valence-electron chi connectivity index (χ0n) is 13.8. The first-order valence-electron chi connectivity index (χ1n) is 7.57. The number of esters is 1. The molecule has 0 fully saturated rings. The number of phenolic OH excluding ortho intramolecular Hbond substituents is 1. The number of anilines is 2. The Bertz CT molecular complexity index is 910. The Kier molecular flexibility index (Phi) is 5.11. The molecule has 0 bridgehead atoms. The maximum Gasteiger partial charge on any atom is 0.348 e. The predicted octanol–water partition coefficient (Wildman–Crippen LogP) is 3.25. The lowest BCUT2D eigenvalue weighted by Crippen LogP contribution is -2.09. The number of aryl methyl sites for hydroxylation is 1. The molecule has 0 radical (unpaired) electrons. The maximum atomic E-state index is 12.3. The van der Waals surface area contributed by atoms with Gasteiger partial charge < -0.3 is 19.9 Å². The third-order valence-corrected chi connectivity index (χ3v) is 4.77. The molecule has 2 N–H and O–H groups in total. The van der Waals surface area contributed by atoms with E-state index >= 15 is 0 Å². The number of phenols is 1. The van der Waals surface area contributed by atoms with Crippen molar-refractivity contribution in [2.24, 2.45) is 0 Å². The molecule has 0 unspecified atom stereocenters. The summed E-state index contributed by atoms with van der Waals surface area (Å²) in [6.07, 6.45) is 1.42. The van der Waals surface area contributed by atoms with Crippen molar-refractivity contribution in [3.63, 3.8) is 0 Å². The highest BCUT2D eigenvalue weighted by Gasteiger charge is 2.20. The van der Waals surface area contributed by atoms with Gasteiger partial charge in [-0.15, -0.1) is 11.3 Å². The van der Waals surface area contributed by atoms with Gasteiger partial charge in [0.15, 0.2) is 0 Å². The highest BCUT2D eigenvalue weighted by molar-refractivity contribution is 7.20. The van der Waals surface area contributed by atoms with Crippen LogP contribution in [0.2, 0.25) is 0 Å². The molecule has 2 aromatic heterocycles. The van der Waals surface area contributed by atoms with Crippen LogP contribution in [0, 0.1) is 6.92 Å². The van der Waals surface area contributed by atoms with Gasteiger partial charge in [0, 0.05) is 7.11 Å². The van der Waals surface area contributed by atoms with Gasteiger partial charge in [-0.3, -0.25) is 0 Å². The van der Waals surface area contributed by atoms with E-state index in [0.29, 0.717) is 27.8 Å². The lowest BCUT2D eigenvalue weighted by Gasteiger charge is -2.08. The minimum atomic E-state index is -0.411. The lowest BCUT2D eigenvalue weighted by atomic mass is 10.2. The van der Waals surface area contributed by atoms with Crippen molar-refractivity contribution < 1.29 is 19.4 Å². The second-order valence-corrected chi connectivity index (χ2v) is 6.23. The first-order valence-corrected chi connectivity index (χ1v) is 8.38. The summed E-state index contributed by atoms with van der Waals surface area (Å²) in [5, 5.41) is 13.8. The predicted molar refractivity (Wildman–Crippen MR) is 95.7 cm³/mol. The standard InChI is InChI=1S/C17H17N3O4S/c1-10-13-15(20-11-5-3-4-6-12(11)21)18-9-19-16(13)25-14(10)17(22)24-8-7-23-2/h3-6,9,21H,7-8H2,1-2H3,(H,18,19,20). The molecule has 130 valence electrons. The van der Waals surface area contributed by atoms with Crippen LogP contribution in [0.5, 0.6) is 5.75 Å². The van der Waals surface area contributed by atoms with E-state index < -0.39 is 5.97 Å². The third kappa shape index (κ3) is 3.54. The second kappa shape index (κ2) is 7.45. The zero-order valence-corrected chi connectivity index (χ0v) is 14.6. The number of aromatic nitrogens is 2. The van der Waals surface area contributed by atoms with Gasteiger partial charge in [-0.1, -0.05) is 12.1 Å². The number of nitrogens with zero attached hydrogens (tertiary/aromatic N) is 2. The number of para-hydroxylation sites is 2. The van der Waals surface area contributed by atoms with Crippen LogP contribution in [0.25, 0.3) is 10.2 Å². The molecule has 0 spiro atoms. The summed E-state index contributed by atoms with van der Waals surface area (Å²) in [7, 11) is 1.55. The van der Waals surface area contributed by atoms with E-state index in [1.54, 1.807) is 31.4 Å². The molecule has 7 nitrogen and oxygen atoms in total. The minimum Gasteiger partial charge on any atom is -0.506 e. The van der Waals surface area contributed by atoms with Gasteiger partial charge in [0.2, 0.25) is 0 Å². The fourth-order valence-corrected chi connectivity index (χ4v) is 3.39. The maximum absolute atomic E-state index is 12.3. The number of hydrogen-bond acceptors (Lipinski definition) is 8. The molecule has 0 saturated heterocycles. The monoisotopic (exact) mass is 359 g/mol. The van der Waals surface area contributed by atoms with E-state index in [1.807, 2.05) is 6.92 Å². The molecule has 3 rings (SSSR count). The van der Waals surface area contributed by atoms with Crippen LogP contribution >= 0.6 is 11.3 Å². The highest BCUT2D eigenvalue weighted by atomic mass is 32.1. The van der Waals surface area contributed by atoms with Gasteiger partial charge in [0.1, 0.15) is 34.2 Å². The number of benzene rings is 1. The topological polar surface area (TPSA) is 93.6 Å². The second-order valence-electron chi connectivity index (χ2n) is 5.23. The van der Waals surface area contributed by atoms with E-state index in [-0.39, 0.29) is 12.4 Å². The number of carbonyl (C=O) groups excluding carboxylic acids is 1. The first-order chi connectivity index (χ1) is 12.1. The Morgan fingerprint density at radius 2 is 2.08 bits per heavy atom. The normalized spacial score (nSPS) is 10.8. The van der Waals surface area contributed by atoms with Gasteiger partial charge >= 0.3 is 5.97 Å². The van der Waals surface area contributed by atoms with E-state index in [1.165, 1.54) is 17.7 Å². The molecule has 0 amide bonds. The molecule has 0 aliphatic rings. The van der Waals surface area contributed by atoms with Crippen LogP contribution in [0.1, 0.15) is 15.2 Å². The molecular formula is C17H17N3O4S. The van der Waals surface area contributed by atoms with Gasteiger partial charge in [0.25, 0.3) is 0 Å². The Hall–Kier alpha value is -2.71. The van der Waals surface area contributed by atoms with E-state index in [0.717, 1.165) is 10.9 Å². The molecule has 2 heterocycles. The van der Waals surface area contributed by atoms with Crippen molar-refractivity contribution in [2.75, 3.05) is 25.6 Å². The van der Waals surface area contributed by atoms with Crippen molar-refractivity contribution in [3.05, 3.63) is 41.0 Å². The van der Waals surface area contributed by atoms with Crippen molar-refractivity contribution >= 4 is 39.0 Å². The summed E-state index contributed by atoms with van der Waals surface area (Å²) in [4.78, 5) is 21.9. The average molecular weight is 359 g/mol. The highest BCUT2D eigenvalue weighted by Crippen LogP contribution is 2.36. The fourth-order valence-electron chi connectivity index (χ4n) is 2.35. The summed E-state index contributed by atoms with van der Waals surface area (Å²) in [5.74, 6) is 0.226. The number of fused-ring (bicyclic) bond motifs is 1. The Morgan fingerprint density at radius 3 is 2.84 bits per heavy atom. The van der Waals surface area contributed by atoms with Crippen LogP contribution in [-0.4, -0.2) is 41.4 Å². The SMILES string of the molecule is COCCOC(=O)c1sc2ncnc(Nc3ccccc3O)c2c1C. The Morgan fingerprint density at radius 1 is 1.28 bits per heavy atom. The number of ether oxygens (including phenoxy) is 2. The number of thiophene rings is 1. The van der Waals surface area contributed by atoms with Crippen LogP contribution in [0.4, 0.5) is 11.5 Å². The van der Waals surface area contributed by atoms with Crippen molar-refractivity contribution in [1.29, 1.82) is 0 Å². The van der Waals surface area contributed by atoms with Gasteiger partial charge in [-0.05, 0) is 24.6 Å². The summed E-state index contributed by atoms with van der Waals surface area (Å²) < 4.78 is 10.1. The van der Waals surface area contributed by atoms with Crippen molar-refractivity contribution in [3.8, 4) is 5.75 Å². The van der Waals surface area contributed by atoms with Crippen LogP contribution in [-0.2, 0) is 9.47 Å². The van der Waals surface area contributed by atoms with Crippen molar-refractivity contribution in [1.82, 2.24) is 9.97 Å². The fraction of sp³-hybridized carbons (Fsp3) is 0.235.